The number of aliphatic hydroxyl groups excluding tert-OH is 1. The molecule has 0 spiro atoms. The SMILES string of the molecule is O=S(=O)(N1CCCC1)N1CCCC(CO)C1. The van der Waals surface area contributed by atoms with Gasteiger partial charge in [0.05, 0.1) is 0 Å². The Hall–Kier alpha value is -0.170. The Morgan fingerprint density at radius 2 is 1.69 bits per heavy atom. The van der Waals surface area contributed by atoms with Gasteiger partial charge in [-0.2, -0.15) is 17.0 Å². The monoisotopic (exact) mass is 248 g/mol. The summed E-state index contributed by atoms with van der Waals surface area (Å²) in [5.41, 5.74) is 0. The van der Waals surface area contributed by atoms with Crippen LogP contribution < -0.4 is 0 Å². The Labute approximate surface area is 97.2 Å². The minimum atomic E-state index is -3.25. The van der Waals surface area contributed by atoms with Crippen LogP contribution in [0.5, 0.6) is 0 Å². The Bertz CT molecular complexity index is 325. The first kappa shape index (κ1) is 12.3. The van der Waals surface area contributed by atoms with Gasteiger partial charge in [-0.25, -0.2) is 0 Å². The van der Waals surface area contributed by atoms with Gasteiger partial charge < -0.3 is 5.11 Å². The first-order valence-electron chi connectivity index (χ1n) is 6.00. The predicted octanol–water partition coefficient (Wildman–Crippen LogP) is 0.0313. The molecule has 0 aromatic carbocycles. The third kappa shape index (κ3) is 2.40. The number of rotatable bonds is 3. The van der Waals surface area contributed by atoms with Crippen molar-refractivity contribution in [2.24, 2.45) is 5.92 Å². The summed E-state index contributed by atoms with van der Waals surface area (Å²) >= 11 is 0. The molecule has 0 aliphatic carbocycles. The highest BCUT2D eigenvalue weighted by atomic mass is 32.2. The Morgan fingerprint density at radius 3 is 2.31 bits per heavy atom. The molecule has 0 aromatic rings. The van der Waals surface area contributed by atoms with Crippen LogP contribution in [0.25, 0.3) is 0 Å². The summed E-state index contributed by atoms with van der Waals surface area (Å²) in [6, 6.07) is 0. The molecular weight excluding hydrogens is 228 g/mol. The van der Waals surface area contributed by atoms with E-state index >= 15 is 0 Å². The predicted molar refractivity (Wildman–Crippen MR) is 61.1 cm³/mol. The summed E-state index contributed by atoms with van der Waals surface area (Å²) in [7, 11) is -3.25. The molecule has 2 aliphatic heterocycles. The Morgan fingerprint density at radius 1 is 1.06 bits per heavy atom. The Kier molecular flexibility index (Phi) is 3.84. The van der Waals surface area contributed by atoms with E-state index in [1.807, 2.05) is 0 Å². The molecule has 2 rings (SSSR count). The lowest BCUT2D eigenvalue weighted by Gasteiger charge is -2.33. The third-order valence-electron chi connectivity index (χ3n) is 3.46. The molecule has 1 atom stereocenters. The highest BCUT2D eigenvalue weighted by Gasteiger charge is 2.34. The summed E-state index contributed by atoms with van der Waals surface area (Å²) in [5.74, 6) is 0.117. The van der Waals surface area contributed by atoms with E-state index in [9.17, 15) is 8.42 Å². The molecule has 0 radical (unpaired) electrons. The fourth-order valence-electron chi connectivity index (χ4n) is 2.47. The molecule has 1 unspecified atom stereocenters. The lowest BCUT2D eigenvalue weighted by atomic mass is 10.0. The van der Waals surface area contributed by atoms with Crippen LogP contribution in [0, 0.1) is 5.92 Å². The van der Waals surface area contributed by atoms with Gasteiger partial charge in [-0.1, -0.05) is 0 Å². The zero-order valence-corrected chi connectivity index (χ0v) is 10.3. The van der Waals surface area contributed by atoms with Crippen molar-refractivity contribution in [1.82, 2.24) is 8.61 Å². The van der Waals surface area contributed by atoms with Crippen LogP contribution in [0.1, 0.15) is 25.7 Å². The summed E-state index contributed by atoms with van der Waals surface area (Å²) in [5, 5.41) is 9.10. The van der Waals surface area contributed by atoms with Crippen LogP contribution >= 0.6 is 0 Å². The van der Waals surface area contributed by atoms with E-state index in [1.54, 1.807) is 8.61 Å². The van der Waals surface area contributed by atoms with Crippen molar-refractivity contribution in [1.29, 1.82) is 0 Å². The van der Waals surface area contributed by atoms with Crippen LogP contribution in [-0.2, 0) is 10.2 Å². The molecular formula is C10H20N2O3S. The number of nitrogens with zero attached hydrogens (tertiary/aromatic N) is 2. The second-order valence-corrected chi connectivity index (χ2v) is 6.59. The normalized spacial score (nSPS) is 29.7. The van der Waals surface area contributed by atoms with E-state index in [1.165, 1.54) is 0 Å². The minimum absolute atomic E-state index is 0.0893. The molecule has 2 heterocycles. The van der Waals surface area contributed by atoms with Crippen molar-refractivity contribution in [3.8, 4) is 0 Å². The van der Waals surface area contributed by atoms with E-state index in [4.69, 9.17) is 5.11 Å². The zero-order chi connectivity index (χ0) is 11.6. The zero-order valence-electron chi connectivity index (χ0n) is 9.51. The first-order chi connectivity index (χ1) is 7.64. The van der Waals surface area contributed by atoms with Crippen molar-refractivity contribution >= 4 is 10.2 Å². The molecule has 16 heavy (non-hydrogen) atoms. The highest BCUT2D eigenvalue weighted by molar-refractivity contribution is 7.86. The molecule has 2 saturated heterocycles. The number of hydrogen-bond donors (Lipinski definition) is 1. The van der Waals surface area contributed by atoms with Gasteiger partial charge in [0.15, 0.2) is 0 Å². The highest BCUT2D eigenvalue weighted by Crippen LogP contribution is 2.23. The van der Waals surface area contributed by atoms with Crippen LogP contribution in [0.4, 0.5) is 0 Å². The maximum absolute atomic E-state index is 12.2. The summed E-state index contributed by atoms with van der Waals surface area (Å²) in [6.45, 7) is 2.49. The van der Waals surface area contributed by atoms with Crippen LogP contribution in [-0.4, -0.2) is 54.9 Å². The van der Waals surface area contributed by atoms with Crippen molar-refractivity contribution < 1.29 is 13.5 Å². The standard InChI is InChI=1S/C10H20N2O3S/c13-9-10-4-3-7-12(8-10)16(14,15)11-5-1-2-6-11/h10,13H,1-9H2. The molecule has 0 saturated carbocycles. The molecule has 6 heteroatoms. The Balaban J connectivity index is 2.04. The molecule has 0 aromatic heterocycles. The second-order valence-electron chi connectivity index (χ2n) is 4.66. The maximum atomic E-state index is 12.2. The van der Waals surface area contributed by atoms with Gasteiger partial charge in [-0.05, 0) is 31.6 Å². The topological polar surface area (TPSA) is 60.9 Å². The van der Waals surface area contributed by atoms with Crippen molar-refractivity contribution in [3.05, 3.63) is 0 Å². The summed E-state index contributed by atoms with van der Waals surface area (Å²) in [6.07, 6.45) is 3.73. The second kappa shape index (κ2) is 5.00. The molecule has 5 nitrogen and oxygen atoms in total. The lowest BCUT2D eigenvalue weighted by Crippen LogP contribution is -2.47. The molecule has 1 N–H and O–H groups in total. The number of hydrogen-bond acceptors (Lipinski definition) is 3. The fraction of sp³-hybridized carbons (Fsp3) is 1.00. The summed E-state index contributed by atoms with van der Waals surface area (Å²) < 4.78 is 27.6. The smallest absolute Gasteiger partial charge is 0.281 e. The summed E-state index contributed by atoms with van der Waals surface area (Å²) in [4.78, 5) is 0. The first-order valence-corrected chi connectivity index (χ1v) is 7.40. The molecule has 2 aliphatic rings. The van der Waals surface area contributed by atoms with Crippen molar-refractivity contribution in [2.45, 2.75) is 25.7 Å². The van der Waals surface area contributed by atoms with Gasteiger partial charge in [0.2, 0.25) is 0 Å². The molecule has 2 fully saturated rings. The van der Waals surface area contributed by atoms with Crippen LogP contribution in [0.3, 0.4) is 0 Å². The molecule has 94 valence electrons. The maximum Gasteiger partial charge on any atom is 0.281 e. The average Bonchev–Trinajstić information content (AvgIpc) is 2.83. The number of aliphatic hydroxyl groups is 1. The van der Waals surface area contributed by atoms with Gasteiger partial charge in [0.1, 0.15) is 0 Å². The third-order valence-corrected chi connectivity index (χ3v) is 5.46. The van der Waals surface area contributed by atoms with E-state index in [0.29, 0.717) is 26.2 Å². The largest absolute Gasteiger partial charge is 0.396 e. The van der Waals surface area contributed by atoms with E-state index in [2.05, 4.69) is 0 Å². The lowest BCUT2D eigenvalue weighted by molar-refractivity contribution is 0.161. The van der Waals surface area contributed by atoms with E-state index in [-0.39, 0.29) is 12.5 Å². The van der Waals surface area contributed by atoms with E-state index < -0.39 is 10.2 Å². The minimum Gasteiger partial charge on any atom is -0.396 e. The van der Waals surface area contributed by atoms with Crippen molar-refractivity contribution in [3.63, 3.8) is 0 Å². The average molecular weight is 248 g/mol. The van der Waals surface area contributed by atoms with Crippen LogP contribution in [0.15, 0.2) is 0 Å². The molecule has 0 amide bonds. The van der Waals surface area contributed by atoms with Gasteiger partial charge >= 0.3 is 0 Å². The van der Waals surface area contributed by atoms with Crippen LogP contribution in [0.2, 0.25) is 0 Å². The van der Waals surface area contributed by atoms with Gasteiger partial charge in [-0.3, -0.25) is 0 Å². The van der Waals surface area contributed by atoms with Gasteiger partial charge in [0, 0.05) is 32.8 Å². The van der Waals surface area contributed by atoms with Gasteiger partial charge in [-0.15, -0.1) is 0 Å². The van der Waals surface area contributed by atoms with E-state index in [0.717, 1.165) is 25.7 Å². The number of piperidine rings is 1. The van der Waals surface area contributed by atoms with Gasteiger partial charge in [0.25, 0.3) is 10.2 Å². The quantitative estimate of drug-likeness (QED) is 0.766. The molecule has 0 bridgehead atoms. The fourth-order valence-corrected chi connectivity index (χ4v) is 4.27. The van der Waals surface area contributed by atoms with Crippen molar-refractivity contribution in [2.75, 3.05) is 32.8 Å².